The molecule has 0 fully saturated rings. The van der Waals surface area contributed by atoms with Crippen molar-refractivity contribution < 1.29 is 5.11 Å². The van der Waals surface area contributed by atoms with Gasteiger partial charge in [0.25, 0.3) is 0 Å². The summed E-state index contributed by atoms with van der Waals surface area (Å²) < 4.78 is 1.11. The highest BCUT2D eigenvalue weighted by atomic mass is 79.9. The van der Waals surface area contributed by atoms with Gasteiger partial charge in [-0.1, -0.05) is 12.1 Å². The van der Waals surface area contributed by atoms with E-state index in [4.69, 9.17) is 5.73 Å². The first-order valence-electron chi connectivity index (χ1n) is 5.99. The van der Waals surface area contributed by atoms with Crippen LogP contribution in [0, 0.1) is 0 Å². The summed E-state index contributed by atoms with van der Waals surface area (Å²) in [5.74, 6) is 0. The highest BCUT2D eigenvalue weighted by molar-refractivity contribution is 9.10. The number of thiophene rings is 1. The molecular formula is C14H17BrN2OS. The minimum Gasteiger partial charge on any atom is -0.399 e. The normalized spacial score (nSPS) is 12.8. The van der Waals surface area contributed by atoms with E-state index in [1.54, 1.807) is 11.3 Å². The second kappa shape index (κ2) is 6.52. The van der Waals surface area contributed by atoms with Gasteiger partial charge in [0.05, 0.1) is 6.10 Å². The van der Waals surface area contributed by atoms with Crippen LogP contribution in [0.4, 0.5) is 5.69 Å². The smallest absolute Gasteiger partial charge is 0.0917 e. The van der Waals surface area contributed by atoms with E-state index in [-0.39, 0.29) is 0 Å². The molecule has 3 nitrogen and oxygen atoms in total. The van der Waals surface area contributed by atoms with Crippen LogP contribution in [0.3, 0.4) is 0 Å². The van der Waals surface area contributed by atoms with Crippen molar-refractivity contribution in [3.05, 3.63) is 50.6 Å². The maximum absolute atomic E-state index is 10.2. The Morgan fingerprint density at radius 2 is 2.21 bits per heavy atom. The van der Waals surface area contributed by atoms with Crippen LogP contribution < -0.4 is 5.73 Å². The van der Waals surface area contributed by atoms with Gasteiger partial charge in [-0.15, -0.1) is 11.3 Å². The van der Waals surface area contributed by atoms with Crippen LogP contribution in [0.5, 0.6) is 0 Å². The van der Waals surface area contributed by atoms with Crippen LogP contribution in [0.15, 0.2) is 40.2 Å². The summed E-state index contributed by atoms with van der Waals surface area (Å²) in [6.45, 7) is 1.41. The third kappa shape index (κ3) is 4.31. The second-order valence-electron chi connectivity index (χ2n) is 4.61. The number of benzene rings is 1. The molecule has 2 rings (SSSR count). The zero-order chi connectivity index (χ0) is 13.8. The van der Waals surface area contributed by atoms with Crippen molar-refractivity contribution in [3.63, 3.8) is 0 Å². The Bertz CT molecular complexity index is 544. The summed E-state index contributed by atoms with van der Waals surface area (Å²) in [6.07, 6.45) is -0.517. The van der Waals surface area contributed by atoms with Gasteiger partial charge in [0, 0.05) is 33.5 Å². The molecule has 0 aliphatic heterocycles. The number of likely N-dealkylation sites (N-methyl/N-ethyl adjacent to an activating group) is 1. The Labute approximate surface area is 125 Å². The van der Waals surface area contributed by atoms with Gasteiger partial charge in [-0.2, -0.15) is 0 Å². The maximum atomic E-state index is 10.2. The topological polar surface area (TPSA) is 49.5 Å². The Hall–Kier alpha value is -0.880. The van der Waals surface area contributed by atoms with Gasteiger partial charge in [0.15, 0.2) is 0 Å². The van der Waals surface area contributed by atoms with E-state index >= 15 is 0 Å². The zero-order valence-corrected chi connectivity index (χ0v) is 13.1. The van der Waals surface area contributed by atoms with E-state index in [1.165, 1.54) is 4.88 Å². The molecule has 1 aromatic carbocycles. The lowest BCUT2D eigenvalue weighted by atomic mass is 10.1. The van der Waals surface area contributed by atoms with Crippen LogP contribution in [0.1, 0.15) is 16.5 Å². The third-order valence-corrected chi connectivity index (χ3v) is 4.51. The van der Waals surface area contributed by atoms with Crippen molar-refractivity contribution in [2.75, 3.05) is 19.3 Å². The Kier molecular flexibility index (Phi) is 4.99. The Morgan fingerprint density at radius 3 is 2.84 bits per heavy atom. The predicted molar refractivity (Wildman–Crippen MR) is 84.2 cm³/mol. The van der Waals surface area contributed by atoms with E-state index in [1.807, 2.05) is 31.3 Å². The van der Waals surface area contributed by atoms with Gasteiger partial charge in [0.1, 0.15) is 0 Å². The lowest BCUT2D eigenvalue weighted by molar-refractivity contribution is 0.124. The average molecular weight is 341 g/mol. The lowest BCUT2D eigenvalue weighted by Crippen LogP contribution is -2.23. The van der Waals surface area contributed by atoms with E-state index in [0.717, 1.165) is 16.6 Å². The van der Waals surface area contributed by atoms with Gasteiger partial charge in [-0.3, -0.25) is 4.90 Å². The number of halogens is 1. The minimum atomic E-state index is -0.517. The average Bonchev–Trinajstić information content (AvgIpc) is 2.74. The van der Waals surface area contributed by atoms with Crippen molar-refractivity contribution in [3.8, 4) is 0 Å². The van der Waals surface area contributed by atoms with E-state index in [0.29, 0.717) is 12.2 Å². The molecule has 0 spiro atoms. The predicted octanol–water partition coefficient (Wildman–Crippen LogP) is 3.26. The number of hydrogen-bond acceptors (Lipinski definition) is 4. The molecule has 0 bridgehead atoms. The summed E-state index contributed by atoms with van der Waals surface area (Å²) in [5, 5.41) is 12.3. The second-order valence-corrected chi connectivity index (χ2v) is 6.53. The Morgan fingerprint density at radius 1 is 1.42 bits per heavy atom. The Balaban J connectivity index is 1.93. The van der Waals surface area contributed by atoms with Crippen molar-refractivity contribution in [2.24, 2.45) is 0 Å². The fourth-order valence-corrected chi connectivity index (χ4v) is 3.46. The first kappa shape index (κ1) is 14.5. The molecule has 102 valence electrons. The van der Waals surface area contributed by atoms with Crippen LogP contribution in [-0.2, 0) is 6.54 Å². The van der Waals surface area contributed by atoms with Gasteiger partial charge in [0.2, 0.25) is 0 Å². The first-order chi connectivity index (χ1) is 9.04. The zero-order valence-electron chi connectivity index (χ0n) is 10.7. The highest BCUT2D eigenvalue weighted by Gasteiger charge is 2.12. The van der Waals surface area contributed by atoms with Crippen molar-refractivity contribution in [1.29, 1.82) is 0 Å². The number of aliphatic hydroxyl groups excluding tert-OH is 1. The molecule has 3 N–H and O–H groups in total. The standard InChI is InChI=1S/C14H17BrN2OS/c1-17(7-13-6-11(15)9-19-13)8-14(18)10-3-2-4-12(16)5-10/h2-6,9,14,18H,7-8,16H2,1H3. The largest absolute Gasteiger partial charge is 0.399 e. The van der Waals surface area contributed by atoms with Gasteiger partial charge in [-0.05, 0) is 46.7 Å². The molecule has 1 heterocycles. The molecule has 1 unspecified atom stereocenters. The molecule has 0 radical (unpaired) electrons. The molecule has 19 heavy (non-hydrogen) atoms. The fourth-order valence-electron chi connectivity index (χ4n) is 1.93. The fraction of sp³-hybridized carbons (Fsp3) is 0.286. The summed E-state index contributed by atoms with van der Waals surface area (Å²) in [4.78, 5) is 3.38. The van der Waals surface area contributed by atoms with Gasteiger partial charge in [-0.25, -0.2) is 0 Å². The quantitative estimate of drug-likeness (QED) is 0.821. The molecular weight excluding hydrogens is 324 g/mol. The van der Waals surface area contributed by atoms with E-state index < -0.39 is 6.10 Å². The first-order valence-corrected chi connectivity index (χ1v) is 7.67. The molecule has 1 aromatic heterocycles. The number of nitrogen functional groups attached to an aromatic ring is 1. The SMILES string of the molecule is CN(Cc1cc(Br)cs1)CC(O)c1cccc(N)c1. The molecule has 0 saturated heterocycles. The monoisotopic (exact) mass is 340 g/mol. The highest BCUT2D eigenvalue weighted by Crippen LogP contribution is 2.22. The van der Waals surface area contributed by atoms with Gasteiger partial charge >= 0.3 is 0 Å². The van der Waals surface area contributed by atoms with Crippen LogP contribution >= 0.6 is 27.3 Å². The van der Waals surface area contributed by atoms with Crippen LogP contribution in [0.2, 0.25) is 0 Å². The molecule has 2 aromatic rings. The minimum absolute atomic E-state index is 0.517. The van der Waals surface area contributed by atoms with Crippen molar-refractivity contribution in [2.45, 2.75) is 12.6 Å². The third-order valence-electron chi connectivity index (χ3n) is 2.83. The maximum Gasteiger partial charge on any atom is 0.0917 e. The number of rotatable bonds is 5. The number of nitrogens with zero attached hydrogens (tertiary/aromatic N) is 1. The summed E-state index contributed by atoms with van der Waals surface area (Å²) in [6, 6.07) is 9.51. The van der Waals surface area contributed by atoms with Crippen molar-refractivity contribution in [1.82, 2.24) is 4.90 Å². The number of aliphatic hydroxyl groups is 1. The number of anilines is 1. The molecule has 0 aliphatic rings. The van der Waals surface area contributed by atoms with E-state index in [2.05, 4.69) is 32.3 Å². The summed E-state index contributed by atoms with van der Waals surface area (Å²) in [7, 11) is 2.00. The molecule has 5 heteroatoms. The van der Waals surface area contributed by atoms with Crippen LogP contribution in [0.25, 0.3) is 0 Å². The molecule has 1 atom stereocenters. The number of nitrogens with two attached hydrogens (primary N) is 1. The molecule has 0 saturated carbocycles. The van der Waals surface area contributed by atoms with Crippen LogP contribution in [-0.4, -0.2) is 23.6 Å². The van der Waals surface area contributed by atoms with Gasteiger partial charge < -0.3 is 10.8 Å². The number of hydrogen-bond donors (Lipinski definition) is 2. The lowest BCUT2D eigenvalue weighted by Gasteiger charge is -2.20. The summed E-state index contributed by atoms with van der Waals surface area (Å²) >= 11 is 5.16. The summed E-state index contributed by atoms with van der Waals surface area (Å²) in [5.41, 5.74) is 7.27. The molecule has 0 aliphatic carbocycles. The van der Waals surface area contributed by atoms with Crippen molar-refractivity contribution >= 4 is 33.0 Å². The molecule has 0 amide bonds. The van der Waals surface area contributed by atoms with E-state index in [9.17, 15) is 5.11 Å².